The second-order valence-electron chi connectivity index (χ2n) is 6.85. The van der Waals surface area contributed by atoms with E-state index >= 15 is 0 Å². The summed E-state index contributed by atoms with van der Waals surface area (Å²) in [6.07, 6.45) is 7.14. The van der Waals surface area contributed by atoms with Crippen molar-refractivity contribution in [2.24, 2.45) is 5.41 Å². The van der Waals surface area contributed by atoms with Crippen LogP contribution in [0.3, 0.4) is 0 Å². The van der Waals surface area contributed by atoms with Gasteiger partial charge in [0.1, 0.15) is 0 Å². The van der Waals surface area contributed by atoms with Gasteiger partial charge in [-0.1, -0.05) is 13.3 Å². The van der Waals surface area contributed by atoms with Gasteiger partial charge in [-0.3, -0.25) is 9.69 Å². The molecule has 1 amide bonds. The van der Waals surface area contributed by atoms with Crippen molar-refractivity contribution in [3.63, 3.8) is 0 Å². The summed E-state index contributed by atoms with van der Waals surface area (Å²) < 4.78 is 0. The Kier molecular flexibility index (Phi) is 4.32. The number of nitrogens with one attached hydrogen (secondary N) is 1. The van der Waals surface area contributed by atoms with Gasteiger partial charge in [0.2, 0.25) is 5.91 Å². The van der Waals surface area contributed by atoms with Crippen molar-refractivity contribution < 1.29 is 4.79 Å². The molecule has 0 spiro atoms. The second kappa shape index (κ2) is 6.02. The topological polar surface area (TPSA) is 35.6 Å². The van der Waals surface area contributed by atoms with Gasteiger partial charge in [-0.15, -0.1) is 0 Å². The smallest absolute Gasteiger partial charge is 0.230 e. The number of nitrogens with zero attached hydrogens (tertiary/aromatic N) is 2. The largest absolute Gasteiger partial charge is 0.339 e. The number of hydrogen-bond donors (Lipinski definition) is 1. The molecular formula is C16H29N3O. The van der Waals surface area contributed by atoms with Gasteiger partial charge in [-0.2, -0.15) is 0 Å². The predicted molar refractivity (Wildman–Crippen MR) is 80.6 cm³/mol. The van der Waals surface area contributed by atoms with Gasteiger partial charge in [0.25, 0.3) is 0 Å². The first-order valence-corrected chi connectivity index (χ1v) is 8.49. The number of fused-ring (bicyclic) bond motifs is 1. The Balaban J connectivity index is 1.67. The summed E-state index contributed by atoms with van der Waals surface area (Å²) >= 11 is 0. The number of piperazine rings is 1. The molecule has 0 radical (unpaired) electrons. The Labute approximate surface area is 122 Å². The third kappa shape index (κ3) is 2.60. The Morgan fingerprint density at radius 3 is 2.90 bits per heavy atom. The van der Waals surface area contributed by atoms with Crippen LogP contribution in [0, 0.1) is 5.41 Å². The maximum Gasteiger partial charge on any atom is 0.230 e. The van der Waals surface area contributed by atoms with E-state index in [2.05, 4.69) is 22.0 Å². The highest BCUT2D eigenvalue weighted by Gasteiger charge is 2.42. The fraction of sp³-hybridized carbons (Fsp3) is 0.938. The van der Waals surface area contributed by atoms with Gasteiger partial charge in [-0.05, 0) is 45.2 Å². The predicted octanol–water partition coefficient (Wildman–Crippen LogP) is 1.46. The average molecular weight is 279 g/mol. The Morgan fingerprint density at radius 2 is 2.15 bits per heavy atom. The lowest BCUT2D eigenvalue weighted by Gasteiger charge is -2.47. The molecule has 3 heterocycles. The molecule has 1 N–H and O–H groups in total. The molecule has 2 unspecified atom stereocenters. The molecule has 3 rings (SSSR count). The van der Waals surface area contributed by atoms with Crippen LogP contribution in [0.25, 0.3) is 0 Å². The van der Waals surface area contributed by atoms with Crippen LogP contribution in [0.4, 0.5) is 0 Å². The highest BCUT2D eigenvalue weighted by Crippen LogP contribution is 2.33. The van der Waals surface area contributed by atoms with Gasteiger partial charge in [0.05, 0.1) is 5.41 Å². The van der Waals surface area contributed by atoms with Crippen molar-refractivity contribution in [2.45, 2.75) is 51.5 Å². The van der Waals surface area contributed by atoms with E-state index in [1.54, 1.807) is 0 Å². The van der Waals surface area contributed by atoms with Crippen LogP contribution in [0.2, 0.25) is 0 Å². The highest BCUT2D eigenvalue weighted by atomic mass is 16.2. The van der Waals surface area contributed by atoms with Gasteiger partial charge in [0.15, 0.2) is 0 Å². The molecule has 3 aliphatic rings. The minimum Gasteiger partial charge on any atom is -0.339 e. The zero-order chi connectivity index (χ0) is 14.0. The van der Waals surface area contributed by atoms with Crippen LogP contribution in [0.5, 0.6) is 0 Å². The lowest BCUT2D eigenvalue weighted by atomic mass is 9.76. The molecule has 0 aromatic carbocycles. The van der Waals surface area contributed by atoms with E-state index < -0.39 is 0 Å². The first-order chi connectivity index (χ1) is 9.75. The zero-order valence-electron chi connectivity index (χ0n) is 12.9. The molecule has 3 fully saturated rings. The molecule has 0 aliphatic carbocycles. The molecule has 3 aliphatic heterocycles. The molecule has 0 aromatic rings. The molecular weight excluding hydrogens is 250 g/mol. The summed E-state index contributed by atoms with van der Waals surface area (Å²) in [6.45, 7) is 8.38. The zero-order valence-corrected chi connectivity index (χ0v) is 12.9. The quantitative estimate of drug-likeness (QED) is 0.831. The van der Waals surface area contributed by atoms with E-state index in [4.69, 9.17) is 0 Å². The average Bonchev–Trinajstić information content (AvgIpc) is 2.54. The van der Waals surface area contributed by atoms with E-state index in [9.17, 15) is 4.79 Å². The third-order valence-electron chi connectivity index (χ3n) is 5.73. The van der Waals surface area contributed by atoms with E-state index in [-0.39, 0.29) is 5.41 Å². The third-order valence-corrected chi connectivity index (χ3v) is 5.73. The SMILES string of the molecule is CCC1(C(=O)N2CCN3CCCCC3C2)CCCNC1. The fourth-order valence-corrected chi connectivity index (χ4v) is 4.28. The van der Waals surface area contributed by atoms with E-state index in [1.807, 2.05) is 0 Å². The van der Waals surface area contributed by atoms with Gasteiger partial charge < -0.3 is 10.2 Å². The Bertz CT molecular complexity index is 352. The van der Waals surface area contributed by atoms with Crippen molar-refractivity contribution in [1.82, 2.24) is 15.1 Å². The maximum absolute atomic E-state index is 13.0. The lowest BCUT2D eigenvalue weighted by molar-refractivity contribution is -0.147. The summed E-state index contributed by atoms with van der Waals surface area (Å²) in [5.41, 5.74) is -0.116. The molecule has 3 saturated heterocycles. The monoisotopic (exact) mass is 279 g/mol. The Morgan fingerprint density at radius 1 is 1.25 bits per heavy atom. The minimum absolute atomic E-state index is 0.116. The number of carbonyl (C=O) groups is 1. The molecule has 0 aromatic heterocycles. The van der Waals surface area contributed by atoms with E-state index in [1.165, 1.54) is 25.8 Å². The highest BCUT2D eigenvalue weighted by molar-refractivity contribution is 5.83. The van der Waals surface area contributed by atoms with Crippen LogP contribution in [-0.4, -0.2) is 61.0 Å². The first kappa shape index (κ1) is 14.3. The van der Waals surface area contributed by atoms with Crippen molar-refractivity contribution >= 4 is 5.91 Å². The number of hydrogen-bond acceptors (Lipinski definition) is 3. The summed E-state index contributed by atoms with van der Waals surface area (Å²) in [7, 11) is 0. The van der Waals surface area contributed by atoms with Crippen LogP contribution >= 0.6 is 0 Å². The van der Waals surface area contributed by atoms with Crippen molar-refractivity contribution in [3.8, 4) is 0 Å². The molecule has 0 saturated carbocycles. The molecule has 4 heteroatoms. The summed E-state index contributed by atoms with van der Waals surface area (Å²) in [4.78, 5) is 17.8. The van der Waals surface area contributed by atoms with Gasteiger partial charge in [-0.25, -0.2) is 0 Å². The standard InChI is InChI=1S/C16H29N3O/c1-2-16(7-5-8-17-13-16)15(20)19-11-10-18-9-4-3-6-14(18)12-19/h14,17H,2-13H2,1H3. The van der Waals surface area contributed by atoms with E-state index in [0.717, 1.165) is 52.0 Å². The van der Waals surface area contributed by atoms with Crippen molar-refractivity contribution in [3.05, 3.63) is 0 Å². The summed E-state index contributed by atoms with van der Waals surface area (Å²) in [5, 5.41) is 3.44. The lowest BCUT2D eigenvalue weighted by Crippen LogP contribution is -2.60. The number of rotatable bonds is 2. The van der Waals surface area contributed by atoms with Crippen LogP contribution in [-0.2, 0) is 4.79 Å². The second-order valence-corrected chi connectivity index (χ2v) is 6.85. The summed E-state index contributed by atoms with van der Waals surface area (Å²) in [5.74, 6) is 0.428. The molecule has 114 valence electrons. The van der Waals surface area contributed by atoms with E-state index in [0.29, 0.717) is 11.9 Å². The number of amides is 1. The normalized spacial score (nSPS) is 35.6. The molecule has 20 heavy (non-hydrogen) atoms. The van der Waals surface area contributed by atoms with Crippen LogP contribution in [0.1, 0.15) is 45.4 Å². The van der Waals surface area contributed by atoms with Gasteiger partial charge in [0, 0.05) is 32.2 Å². The minimum atomic E-state index is -0.116. The molecule has 0 bridgehead atoms. The Hall–Kier alpha value is -0.610. The summed E-state index contributed by atoms with van der Waals surface area (Å²) in [6, 6.07) is 0.631. The van der Waals surface area contributed by atoms with Crippen LogP contribution in [0.15, 0.2) is 0 Å². The van der Waals surface area contributed by atoms with Crippen LogP contribution < -0.4 is 5.32 Å². The number of carbonyl (C=O) groups excluding carboxylic acids is 1. The first-order valence-electron chi connectivity index (χ1n) is 8.49. The molecule has 2 atom stereocenters. The van der Waals surface area contributed by atoms with Crippen molar-refractivity contribution in [1.29, 1.82) is 0 Å². The fourth-order valence-electron chi connectivity index (χ4n) is 4.28. The van der Waals surface area contributed by atoms with Gasteiger partial charge >= 0.3 is 0 Å². The maximum atomic E-state index is 13.0. The number of piperidine rings is 2. The van der Waals surface area contributed by atoms with Crippen molar-refractivity contribution in [2.75, 3.05) is 39.3 Å². The molecule has 4 nitrogen and oxygen atoms in total.